The van der Waals surface area contributed by atoms with Crippen LogP contribution in [-0.2, 0) is 11.3 Å². The van der Waals surface area contributed by atoms with E-state index in [4.69, 9.17) is 9.84 Å². The van der Waals surface area contributed by atoms with Gasteiger partial charge in [-0.3, -0.25) is 0 Å². The van der Waals surface area contributed by atoms with Crippen molar-refractivity contribution in [3.05, 3.63) is 35.1 Å². The number of hydrogen-bond donors (Lipinski definition) is 1. The highest BCUT2D eigenvalue weighted by Gasteiger charge is 2.09. The lowest BCUT2D eigenvalue weighted by molar-refractivity contribution is 0.0695. The molecule has 18 heavy (non-hydrogen) atoms. The minimum atomic E-state index is -1.13. The molecule has 0 heterocycles. The Hall–Kier alpha value is -1.42. The maximum absolute atomic E-state index is 13.6. The third-order valence-corrected chi connectivity index (χ3v) is 3.07. The first-order valence-corrected chi connectivity index (χ1v) is 6.17. The summed E-state index contributed by atoms with van der Waals surface area (Å²) >= 11 is 0. The van der Waals surface area contributed by atoms with Crippen LogP contribution in [0.15, 0.2) is 18.2 Å². The van der Waals surface area contributed by atoms with Crippen LogP contribution in [0.1, 0.15) is 42.6 Å². The molecule has 0 fully saturated rings. The zero-order chi connectivity index (χ0) is 13.5. The highest BCUT2D eigenvalue weighted by Crippen LogP contribution is 2.14. The highest BCUT2D eigenvalue weighted by atomic mass is 19.1. The van der Waals surface area contributed by atoms with Crippen LogP contribution in [0, 0.1) is 11.7 Å². The maximum atomic E-state index is 13.6. The third-order valence-electron chi connectivity index (χ3n) is 3.07. The molecule has 0 aliphatic heterocycles. The first kappa shape index (κ1) is 14.6. The Labute approximate surface area is 107 Å². The molecular weight excluding hydrogens is 235 g/mol. The van der Waals surface area contributed by atoms with Crippen LogP contribution < -0.4 is 0 Å². The Balaban J connectivity index is 2.55. The van der Waals surface area contributed by atoms with Gasteiger partial charge in [-0.15, -0.1) is 0 Å². The fraction of sp³-hybridized carbons (Fsp3) is 0.500. The summed E-state index contributed by atoms with van der Waals surface area (Å²) in [5.74, 6) is -1.16. The molecule has 4 heteroatoms. The first-order chi connectivity index (χ1) is 8.58. The van der Waals surface area contributed by atoms with Crippen molar-refractivity contribution in [2.75, 3.05) is 6.61 Å². The first-order valence-electron chi connectivity index (χ1n) is 6.17. The molecule has 0 aliphatic carbocycles. The molecule has 0 aromatic heterocycles. The zero-order valence-corrected chi connectivity index (χ0v) is 10.8. The van der Waals surface area contributed by atoms with Gasteiger partial charge in [0.05, 0.1) is 12.2 Å². The summed E-state index contributed by atoms with van der Waals surface area (Å²) in [7, 11) is 0. The number of carbonyl (C=O) groups is 1. The van der Waals surface area contributed by atoms with Crippen molar-refractivity contribution in [2.24, 2.45) is 5.92 Å². The number of halogens is 1. The van der Waals surface area contributed by atoms with Crippen LogP contribution in [0.3, 0.4) is 0 Å². The minimum absolute atomic E-state index is 0.0451. The van der Waals surface area contributed by atoms with E-state index in [0.29, 0.717) is 18.1 Å². The van der Waals surface area contributed by atoms with E-state index in [-0.39, 0.29) is 12.2 Å². The van der Waals surface area contributed by atoms with Gasteiger partial charge < -0.3 is 9.84 Å². The molecule has 0 aliphatic rings. The molecule has 1 aromatic carbocycles. The second-order valence-corrected chi connectivity index (χ2v) is 4.31. The van der Waals surface area contributed by atoms with Crippen molar-refractivity contribution < 1.29 is 19.0 Å². The fourth-order valence-electron chi connectivity index (χ4n) is 1.66. The van der Waals surface area contributed by atoms with E-state index in [1.54, 1.807) is 0 Å². The van der Waals surface area contributed by atoms with Crippen molar-refractivity contribution in [2.45, 2.75) is 33.3 Å². The quantitative estimate of drug-likeness (QED) is 0.810. The van der Waals surface area contributed by atoms with Crippen LogP contribution in [0.25, 0.3) is 0 Å². The van der Waals surface area contributed by atoms with Crippen LogP contribution in [-0.4, -0.2) is 17.7 Å². The van der Waals surface area contributed by atoms with E-state index in [2.05, 4.69) is 13.8 Å². The number of benzene rings is 1. The average molecular weight is 254 g/mol. The van der Waals surface area contributed by atoms with Crippen LogP contribution >= 0.6 is 0 Å². The zero-order valence-electron chi connectivity index (χ0n) is 10.8. The van der Waals surface area contributed by atoms with E-state index in [9.17, 15) is 9.18 Å². The van der Waals surface area contributed by atoms with Gasteiger partial charge >= 0.3 is 5.97 Å². The summed E-state index contributed by atoms with van der Waals surface area (Å²) in [6, 6.07) is 3.88. The van der Waals surface area contributed by atoms with Gasteiger partial charge in [-0.2, -0.15) is 0 Å². The fourth-order valence-corrected chi connectivity index (χ4v) is 1.66. The molecule has 0 unspecified atom stereocenters. The number of ether oxygens (including phenoxy) is 1. The van der Waals surface area contributed by atoms with Crippen molar-refractivity contribution in [3.63, 3.8) is 0 Å². The van der Waals surface area contributed by atoms with Crippen molar-refractivity contribution in [3.8, 4) is 0 Å². The van der Waals surface area contributed by atoms with E-state index >= 15 is 0 Å². The van der Waals surface area contributed by atoms with Crippen molar-refractivity contribution in [1.29, 1.82) is 0 Å². The summed E-state index contributed by atoms with van der Waals surface area (Å²) in [6.45, 7) is 4.98. The molecular formula is C14H19FO3. The van der Waals surface area contributed by atoms with Gasteiger partial charge in [0.2, 0.25) is 0 Å². The van der Waals surface area contributed by atoms with Gasteiger partial charge in [-0.1, -0.05) is 32.8 Å². The maximum Gasteiger partial charge on any atom is 0.335 e. The number of aromatic carboxylic acids is 1. The molecule has 0 radical (unpaired) electrons. The van der Waals surface area contributed by atoms with Gasteiger partial charge in [-0.05, 0) is 18.1 Å². The Kier molecular flexibility index (Phi) is 5.78. The molecule has 1 rings (SSSR count). The normalized spacial score (nSPS) is 10.9. The Morgan fingerprint density at radius 1 is 1.39 bits per heavy atom. The Morgan fingerprint density at radius 2 is 2.06 bits per heavy atom. The van der Waals surface area contributed by atoms with E-state index in [0.717, 1.165) is 18.9 Å². The molecule has 0 amide bonds. The minimum Gasteiger partial charge on any atom is -0.478 e. The summed E-state index contributed by atoms with van der Waals surface area (Å²) in [5, 5.41) is 8.71. The van der Waals surface area contributed by atoms with Crippen molar-refractivity contribution in [1.82, 2.24) is 0 Å². The predicted octanol–water partition coefficient (Wildman–Crippen LogP) is 3.48. The molecule has 0 spiro atoms. The summed E-state index contributed by atoms with van der Waals surface area (Å²) in [5.41, 5.74) is 0.349. The van der Waals surface area contributed by atoms with Gasteiger partial charge in [0.25, 0.3) is 0 Å². The number of rotatable bonds is 7. The lowest BCUT2D eigenvalue weighted by Gasteiger charge is -2.13. The highest BCUT2D eigenvalue weighted by molar-refractivity contribution is 5.87. The lowest BCUT2D eigenvalue weighted by atomic mass is 10.1. The van der Waals surface area contributed by atoms with E-state index < -0.39 is 11.8 Å². The summed E-state index contributed by atoms with van der Waals surface area (Å²) < 4.78 is 19.0. The Bertz CT molecular complexity index is 400. The number of carboxylic acids is 1. The van der Waals surface area contributed by atoms with Gasteiger partial charge in [0.1, 0.15) is 5.82 Å². The molecule has 1 N–H and O–H groups in total. The van der Waals surface area contributed by atoms with Gasteiger partial charge in [-0.25, -0.2) is 9.18 Å². The topological polar surface area (TPSA) is 46.5 Å². The van der Waals surface area contributed by atoms with Gasteiger partial charge in [0.15, 0.2) is 0 Å². The predicted molar refractivity (Wildman–Crippen MR) is 67.1 cm³/mol. The Morgan fingerprint density at radius 3 is 2.56 bits per heavy atom. The van der Waals surface area contributed by atoms with Crippen LogP contribution in [0.2, 0.25) is 0 Å². The molecule has 0 atom stereocenters. The standard InChI is InChI=1S/C14H19FO3/c1-3-10(4-2)8-18-9-12-6-5-11(14(16)17)7-13(12)15/h5-7,10H,3-4,8-9H2,1-2H3,(H,16,17). The molecule has 1 aromatic rings. The van der Waals surface area contributed by atoms with E-state index in [1.807, 2.05) is 0 Å². The molecule has 0 saturated heterocycles. The van der Waals surface area contributed by atoms with Crippen LogP contribution in [0.5, 0.6) is 0 Å². The second-order valence-electron chi connectivity index (χ2n) is 4.31. The van der Waals surface area contributed by atoms with E-state index in [1.165, 1.54) is 12.1 Å². The number of carboxylic acid groups (broad SMARTS) is 1. The van der Waals surface area contributed by atoms with Gasteiger partial charge in [0, 0.05) is 12.2 Å². The third kappa shape index (κ3) is 4.11. The monoisotopic (exact) mass is 254 g/mol. The molecule has 0 saturated carbocycles. The SMILES string of the molecule is CCC(CC)COCc1ccc(C(=O)O)cc1F. The lowest BCUT2D eigenvalue weighted by Crippen LogP contribution is -2.08. The molecule has 3 nitrogen and oxygen atoms in total. The summed E-state index contributed by atoms with van der Waals surface area (Å²) in [4.78, 5) is 10.6. The largest absolute Gasteiger partial charge is 0.478 e. The molecule has 100 valence electrons. The average Bonchev–Trinajstić information content (AvgIpc) is 2.36. The van der Waals surface area contributed by atoms with Crippen molar-refractivity contribution >= 4 is 5.97 Å². The smallest absolute Gasteiger partial charge is 0.335 e. The van der Waals surface area contributed by atoms with Crippen LogP contribution in [0.4, 0.5) is 4.39 Å². The second kappa shape index (κ2) is 7.11. The molecule has 0 bridgehead atoms. The summed E-state index contributed by atoms with van der Waals surface area (Å²) in [6.07, 6.45) is 2.08. The number of hydrogen-bond acceptors (Lipinski definition) is 2.